The molecule has 2 N–H and O–H groups in total. The van der Waals surface area contributed by atoms with Gasteiger partial charge in [0.2, 0.25) is 10.0 Å². The SMILES string of the molecule is CCc1nnc(NS(=O)(=O)CC2CCCN2)nc1CC. The summed E-state index contributed by atoms with van der Waals surface area (Å²) in [4.78, 5) is 4.24. The van der Waals surface area contributed by atoms with Crippen LogP contribution in [0.1, 0.15) is 38.1 Å². The average molecular weight is 299 g/mol. The Kier molecular flexibility index (Phi) is 4.87. The minimum atomic E-state index is -3.44. The van der Waals surface area contributed by atoms with Crippen LogP contribution in [0.2, 0.25) is 0 Å². The van der Waals surface area contributed by atoms with E-state index in [-0.39, 0.29) is 17.7 Å². The zero-order valence-corrected chi connectivity index (χ0v) is 12.7. The summed E-state index contributed by atoms with van der Waals surface area (Å²) in [5, 5.41) is 11.0. The smallest absolute Gasteiger partial charge is 0.256 e. The van der Waals surface area contributed by atoms with Crippen LogP contribution in [-0.2, 0) is 22.9 Å². The van der Waals surface area contributed by atoms with E-state index in [2.05, 4.69) is 25.2 Å². The van der Waals surface area contributed by atoms with Gasteiger partial charge in [0.25, 0.3) is 5.95 Å². The summed E-state index contributed by atoms with van der Waals surface area (Å²) in [6.45, 7) is 4.81. The molecule has 0 aromatic carbocycles. The van der Waals surface area contributed by atoms with Gasteiger partial charge in [0, 0.05) is 6.04 Å². The molecular weight excluding hydrogens is 278 g/mol. The van der Waals surface area contributed by atoms with Crippen molar-refractivity contribution in [1.82, 2.24) is 20.5 Å². The van der Waals surface area contributed by atoms with Gasteiger partial charge < -0.3 is 5.32 Å². The summed E-state index contributed by atoms with van der Waals surface area (Å²) in [5.74, 6) is 0.116. The maximum atomic E-state index is 12.1. The Balaban J connectivity index is 2.08. The average Bonchev–Trinajstić information content (AvgIpc) is 2.90. The van der Waals surface area contributed by atoms with Crippen molar-refractivity contribution in [3.8, 4) is 0 Å². The van der Waals surface area contributed by atoms with Crippen molar-refractivity contribution in [3.63, 3.8) is 0 Å². The number of nitrogens with zero attached hydrogens (tertiary/aromatic N) is 3. The molecule has 1 unspecified atom stereocenters. The van der Waals surface area contributed by atoms with Crippen LogP contribution in [0.15, 0.2) is 0 Å². The van der Waals surface area contributed by atoms with Gasteiger partial charge in [-0.15, -0.1) is 10.2 Å². The number of hydrogen-bond donors (Lipinski definition) is 2. The Morgan fingerprint density at radius 2 is 2.00 bits per heavy atom. The van der Waals surface area contributed by atoms with Gasteiger partial charge in [-0.3, -0.25) is 0 Å². The molecule has 2 rings (SSSR count). The van der Waals surface area contributed by atoms with E-state index in [0.29, 0.717) is 6.42 Å². The minimum Gasteiger partial charge on any atom is -0.313 e. The normalized spacial score (nSPS) is 19.2. The first-order valence-electron chi connectivity index (χ1n) is 7.00. The number of hydrogen-bond acceptors (Lipinski definition) is 6. The maximum Gasteiger partial charge on any atom is 0.256 e. The summed E-state index contributed by atoms with van der Waals surface area (Å²) in [6, 6.07) is 0.0148. The molecule has 7 nitrogen and oxygen atoms in total. The van der Waals surface area contributed by atoms with Crippen LogP contribution in [0.3, 0.4) is 0 Å². The number of nitrogens with one attached hydrogen (secondary N) is 2. The van der Waals surface area contributed by atoms with Crippen molar-refractivity contribution in [3.05, 3.63) is 11.4 Å². The molecule has 0 amide bonds. The zero-order chi connectivity index (χ0) is 14.6. The molecule has 0 spiro atoms. The Hall–Kier alpha value is -1.28. The lowest BCUT2D eigenvalue weighted by molar-refractivity contribution is 0.581. The molecule has 1 aromatic heterocycles. The maximum absolute atomic E-state index is 12.1. The van der Waals surface area contributed by atoms with Crippen LogP contribution in [-0.4, -0.2) is 41.9 Å². The van der Waals surface area contributed by atoms with Gasteiger partial charge in [-0.25, -0.2) is 18.1 Å². The number of sulfonamides is 1. The van der Waals surface area contributed by atoms with Gasteiger partial charge >= 0.3 is 0 Å². The lowest BCUT2D eigenvalue weighted by Gasteiger charge is -2.12. The van der Waals surface area contributed by atoms with Crippen LogP contribution >= 0.6 is 0 Å². The molecule has 8 heteroatoms. The number of aromatic nitrogens is 3. The lowest BCUT2D eigenvalue weighted by Crippen LogP contribution is -2.33. The summed E-state index contributed by atoms with van der Waals surface area (Å²) >= 11 is 0. The van der Waals surface area contributed by atoms with E-state index in [1.54, 1.807) is 0 Å². The van der Waals surface area contributed by atoms with E-state index in [0.717, 1.165) is 37.2 Å². The second kappa shape index (κ2) is 6.45. The topological polar surface area (TPSA) is 96.9 Å². The predicted octanol–water partition coefficient (Wildman–Crippen LogP) is 0.490. The fourth-order valence-electron chi connectivity index (χ4n) is 2.33. The van der Waals surface area contributed by atoms with Crippen molar-refractivity contribution in [2.24, 2.45) is 0 Å². The molecule has 1 fully saturated rings. The summed E-state index contributed by atoms with van der Waals surface area (Å²) < 4.78 is 26.5. The van der Waals surface area contributed by atoms with Gasteiger partial charge in [-0.1, -0.05) is 13.8 Å². The van der Waals surface area contributed by atoms with E-state index >= 15 is 0 Å². The number of rotatable bonds is 6. The van der Waals surface area contributed by atoms with Gasteiger partial charge in [-0.2, -0.15) is 0 Å². The molecule has 1 aliphatic rings. The fraction of sp³-hybridized carbons (Fsp3) is 0.750. The second-order valence-electron chi connectivity index (χ2n) is 4.91. The number of anilines is 1. The van der Waals surface area contributed by atoms with Crippen LogP contribution in [0.25, 0.3) is 0 Å². The van der Waals surface area contributed by atoms with Crippen LogP contribution in [0, 0.1) is 0 Å². The molecule has 20 heavy (non-hydrogen) atoms. The van der Waals surface area contributed by atoms with Crippen molar-refractivity contribution in [1.29, 1.82) is 0 Å². The Morgan fingerprint density at radius 1 is 1.25 bits per heavy atom. The molecule has 112 valence electrons. The highest BCUT2D eigenvalue weighted by atomic mass is 32.2. The number of aryl methyl sites for hydroxylation is 2. The van der Waals surface area contributed by atoms with Gasteiger partial charge in [0.05, 0.1) is 17.1 Å². The molecular formula is C12H21N5O2S. The van der Waals surface area contributed by atoms with Crippen LogP contribution in [0.4, 0.5) is 5.95 Å². The van der Waals surface area contributed by atoms with Crippen molar-refractivity contribution in [2.75, 3.05) is 17.0 Å². The molecule has 1 aliphatic heterocycles. The third kappa shape index (κ3) is 3.86. The Bertz CT molecular complexity index is 555. The van der Waals surface area contributed by atoms with E-state index in [1.807, 2.05) is 13.8 Å². The fourth-order valence-corrected chi connectivity index (χ4v) is 3.59. The predicted molar refractivity (Wildman–Crippen MR) is 77.0 cm³/mol. The molecule has 1 saturated heterocycles. The first-order chi connectivity index (χ1) is 9.54. The van der Waals surface area contributed by atoms with Crippen LogP contribution < -0.4 is 10.0 Å². The highest BCUT2D eigenvalue weighted by Crippen LogP contribution is 2.11. The Morgan fingerprint density at radius 3 is 2.60 bits per heavy atom. The quantitative estimate of drug-likeness (QED) is 0.793. The summed E-state index contributed by atoms with van der Waals surface area (Å²) in [7, 11) is -3.44. The van der Waals surface area contributed by atoms with Crippen molar-refractivity contribution in [2.45, 2.75) is 45.6 Å². The third-order valence-corrected chi connectivity index (χ3v) is 4.67. The van der Waals surface area contributed by atoms with Gasteiger partial charge in [0.1, 0.15) is 0 Å². The summed E-state index contributed by atoms with van der Waals surface area (Å²) in [5.41, 5.74) is 1.60. The largest absolute Gasteiger partial charge is 0.313 e. The molecule has 0 saturated carbocycles. The monoisotopic (exact) mass is 299 g/mol. The first kappa shape index (κ1) is 15.1. The second-order valence-corrected chi connectivity index (χ2v) is 6.68. The first-order valence-corrected chi connectivity index (χ1v) is 8.65. The third-order valence-electron chi connectivity index (χ3n) is 3.34. The summed E-state index contributed by atoms with van der Waals surface area (Å²) in [6.07, 6.45) is 3.35. The Labute approximate surface area is 119 Å². The van der Waals surface area contributed by atoms with E-state index < -0.39 is 10.0 Å². The molecule has 1 aromatic rings. The van der Waals surface area contributed by atoms with Crippen molar-refractivity contribution < 1.29 is 8.42 Å². The van der Waals surface area contributed by atoms with Gasteiger partial charge in [0.15, 0.2) is 0 Å². The molecule has 2 heterocycles. The van der Waals surface area contributed by atoms with Gasteiger partial charge in [-0.05, 0) is 32.2 Å². The molecule has 0 radical (unpaired) electrons. The van der Waals surface area contributed by atoms with E-state index in [9.17, 15) is 8.42 Å². The molecule has 1 atom stereocenters. The highest BCUT2D eigenvalue weighted by molar-refractivity contribution is 7.92. The molecule has 0 aliphatic carbocycles. The van der Waals surface area contributed by atoms with Crippen LogP contribution in [0.5, 0.6) is 0 Å². The zero-order valence-electron chi connectivity index (χ0n) is 11.9. The molecule has 0 bridgehead atoms. The highest BCUT2D eigenvalue weighted by Gasteiger charge is 2.23. The minimum absolute atomic E-state index is 0.0148. The lowest BCUT2D eigenvalue weighted by atomic mass is 10.2. The van der Waals surface area contributed by atoms with E-state index in [1.165, 1.54) is 0 Å². The standard InChI is InChI=1S/C12H21N5O2S/c1-3-10-11(4-2)15-16-12(14-10)17-20(18,19)8-9-6-5-7-13-9/h9,13H,3-8H2,1-2H3,(H,14,16,17). The van der Waals surface area contributed by atoms with E-state index in [4.69, 9.17) is 0 Å². The van der Waals surface area contributed by atoms with Crippen molar-refractivity contribution >= 4 is 16.0 Å².